The van der Waals surface area contributed by atoms with Crippen LogP contribution in [0.25, 0.3) is 0 Å². The number of hydrazine groups is 1. The Hall–Kier alpha value is -2.46. The van der Waals surface area contributed by atoms with E-state index in [9.17, 15) is 21.6 Å². The zero-order valence-corrected chi connectivity index (χ0v) is 17.7. The van der Waals surface area contributed by atoms with E-state index in [2.05, 4.69) is 17.0 Å². The van der Waals surface area contributed by atoms with Gasteiger partial charge < -0.3 is 10.3 Å². The van der Waals surface area contributed by atoms with Crippen molar-refractivity contribution in [3.8, 4) is 0 Å². The number of rotatable bonds is 9. The lowest BCUT2D eigenvalue weighted by Crippen LogP contribution is -2.38. The fraction of sp³-hybridized carbons (Fsp3) is 0.400. The first-order valence-corrected chi connectivity index (χ1v) is 11.0. The van der Waals surface area contributed by atoms with Gasteiger partial charge in [0.25, 0.3) is 10.0 Å². The van der Waals surface area contributed by atoms with Gasteiger partial charge in [-0.05, 0) is 31.1 Å². The molecular formula is C20H27F3N4O2S. The number of allylic oxidation sites excluding steroid dienone is 3. The topological polar surface area (TPSA) is 87.5 Å². The Balaban J connectivity index is 2.18. The number of anilines is 1. The summed E-state index contributed by atoms with van der Waals surface area (Å²) in [5, 5.41) is 4.47. The molecule has 0 spiro atoms. The fourth-order valence-electron chi connectivity index (χ4n) is 2.96. The van der Waals surface area contributed by atoms with Gasteiger partial charge in [-0.2, -0.15) is 13.2 Å². The molecule has 0 saturated carbocycles. The van der Waals surface area contributed by atoms with Crippen LogP contribution in [0.1, 0.15) is 38.2 Å². The number of sulfonamides is 1. The summed E-state index contributed by atoms with van der Waals surface area (Å²) in [6.07, 6.45) is 4.50. The summed E-state index contributed by atoms with van der Waals surface area (Å²) in [6.45, 7) is 2.07. The van der Waals surface area contributed by atoms with Gasteiger partial charge in [0, 0.05) is 25.4 Å². The van der Waals surface area contributed by atoms with E-state index in [1.54, 1.807) is 19.3 Å². The quantitative estimate of drug-likeness (QED) is 0.395. The third-order valence-electron chi connectivity index (χ3n) is 4.66. The summed E-state index contributed by atoms with van der Waals surface area (Å²) in [7, 11) is -2.41. The molecule has 0 bridgehead atoms. The summed E-state index contributed by atoms with van der Waals surface area (Å²) in [6, 6.07) is 4.01. The van der Waals surface area contributed by atoms with E-state index in [4.69, 9.17) is 5.84 Å². The number of hydrogen-bond donors (Lipinski definition) is 3. The highest BCUT2D eigenvalue weighted by atomic mass is 32.2. The molecule has 1 aliphatic rings. The molecule has 1 aromatic carbocycles. The van der Waals surface area contributed by atoms with Crippen LogP contribution in [-0.2, 0) is 16.2 Å². The van der Waals surface area contributed by atoms with Gasteiger partial charge in [0.05, 0.1) is 22.2 Å². The molecule has 1 aromatic rings. The Bertz CT molecular complexity index is 924. The van der Waals surface area contributed by atoms with Crippen molar-refractivity contribution in [1.29, 1.82) is 0 Å². The zero-order valence-electron chi connectivity index (χ0n) is 16.9. The van der Waals surface area contributed by atoms with Crippen molar-refractivity contribution in [3.63, 3.8) is 0 Å². The van der Waals surface area contributed by atoms with E-state index in [-0.39, 0.29) is 11.3 Å². The van der Waals surface area contributed by atoms with Crippen molar-refractivity contribution in [2.24, 2.45) is 5.84 Å². The fourth-order valence-corrected chi connectivity index (χ4v) is 4.21. The second-order valence-corrected chi connectivity index (χ2v) is 8.63. The molecule has 166 valence electrons. The number of nitrogens with two attached hydrogens (primary N) is 1. The third kappa shape index (κ3) is 6.27. The number of nitrogens with one attached hydrogen (secondary N) is 2. The van der Waals surface area contributed by atoms with Crippen molar-refractivity contribution >= 4 is 15.7 Å². The van der Waals surface area contributed by atoms with Gasteiger partial charge in [-0.25, -0.2) is 14.3 Å². The lowest BCUT2D eigenvalue weighted by Gasteiger charge is -2.27. The van der Waals surface area contributed by atoms with Crippen LogP contribution < -0.4 is 15.9 Å². The monoisotopic (exact) mass is 444 g/mol. The number of benzene rings is 1. The first kappa shape index (κ1) is 23.8. The standard InChI is InChI=1S/C20H27F3N4O2S/c1-3-4-8-15(25-2)14-27(24)16-9-7-10-17(13-16)30(28,29)26-19-12-6-5-11-18(19)20(21,22)23/h5-7,9-12,14,16,25-26H,3-4,8,13,24H2,1-2H3/b15-14-. The molecule has 0 radical (unpaired) electrons. The highest BCUT2D eigenvalue weighted by molar-refractivity contribution is 7.96. The molecule has 0 aliphatic heterocycles. The van der Waals surface area contributed by atoms with Crippen LogP contribution in [0.3, 0.4) is 0 Å². The van der Waals surface area contributed by atoms with Crippen molar-refractivity contribution in [1.82, 2.24) is 10.3 Å². The van der Waals surface area contributed by atoms with E-state index in [0.29, 0.717) is 0 Å². The number of para-hydroxylation sites is 1. The highest BCUT2D eigenvalue weighted by Gasteiger charge is 2.35. The molecular weight excluding hydrogens is 417 g/mol. The molecule has 0 aromatic heterocycles. The van der Waals surface area contributed by atoms with Gasteiger partial charge >= 0.3 is 6.18 Å². The van der Waals surface area contributed by atoms with Crippen molar-refractivity contribution in [2.75, 3.05) is 11.8 Å². The maximum absolute atomic E-state index is 13.2. The summed E-state index contributed by atoms with van der Waals surface area (Å²) in [5.74, 6) is 6.11. The molecule has 1 atom stereocenters. The van der Waals surface area contributed by atoms with Crippen LogP contribution >= 0.6 is 0 Å². The van der Waals surface area contributed by atoms with E-state index in [0.717, 1.165) is 37.1 Å². The van der Waals surface area contributed by atoms with Crippen LogP contribution in [0.15, 0.2) is 59.3 Å². The minimum absolute atomic E-state index is 0.0256. The minimum atomic E-state index is -4.68. The Morgan fingerprint density at radius 2 is 2.03 bits per heavy atom. The summed E-state index contributed by atoms with van der Waals surface area (Å²) < 4.78 is 67.1. The molecule has 1 unspecified atom stereocenters. The molecule has 1 aliphatic carbocycles. The van der Waals surface area contributed by atoms with Crippen LogP contribution in [0.2, 0.25) is 0 Å². The third-order valence-corrected chi connectivity index (χ3v) is 6.14. The van der Waals surface area contributed by atoms with Crippen LogP contribution in [0.5, 0.6) is 0 Å². The molecule has 0 saturated heterocycles. The van der Waals surface area contributed by atoms with Gasteiger partial charge in [0.1, 0.15) is 0 Å². The smallest absolute Gasteiger partial charge is 0.390 e. The number of unbranched alkanes of at least 4 members (excludes halogenated alkanes) is 1. The Labute approximate surface area is 175 Å². The summed E-state index contributed by atoms with van der Waals surface area (Å²) >= 11 is 0. The van der Waals surface area contributed by atoms with Gasteiger partial charge in [-0.1, -0.05) is 37.6 Å². The molecule has 30 heavy (non-hydrogen) atoms. The maximum Gasteiger partial charge on any atom is 0.418 e. The lowest BCUT2D eigenvalue weighted by molar-refractivity contribution is -0.136. The van der Waals surface area contributed by atoms with Crippen molar-refractivity contribution in [2.45, 2.75) is 44.8 Å². The van der Waals surface area contributed by atoms with Crippen molar-refractivity contribution < 1.29 is 21.6 Å². The molecule has 4 N–H and O–H groups in total. The number of halogens is 3. The Morgan fingerprint density at radius 3 is 2.67 bits per heavy atom. The molecule has 10 heteroatoms. The molecule has 0 amide bonds. The van der Waals surface area contributed by atoms with E-state index in [1.165, 1.54) is 29.3 Å². The maximum atomic E-state index is 13.2. The van der Waals surface area contributed by atoms with E-state index >= 15 is 0 Å². The molecule has 0 heterocycles. The first-order chi connectivity index (χ1) is 14.1. The average Bonchev–Trinajstić information content (AvgIpc) is 2.70. The predicted molar refractivity (Wildman–Crippen MR) is 112 cm³/mol. The van der Waals surface area contributed by atoms with Gasteiger partial charge in [0.15, 0.2) is 0 Å². The number of nitrogens with zero attached hydrogens (tertiary/aromatic N) is 1. The molecule has 2 rings (SSSR count). The van der Waals surface area contributed by atoms with Gasteiger partial charge in [-0.3, -0.25) is 4.72 Å². The summed E-state index contributed by atoms with van der Waals surface area (Å²) in [5.41, 5.74) is -0.655. The molecule has 6 nitrogen and oxygen atoms in total. The Morgan fingerprint density at radius 1 is 1.33 bits per heavy atom. The van der Waals surface area contributed by atoms with Gasteiger partial charge in [0.2, 0.25) is 0 Å². The highest BCUT2D eigenvalue weighted by Crippen LogP contribution is 2.36. The zero-order chi connectivity index (χ0) is 22.4. The van der Waals surface area contributed by atoms with E-state index in [1.807, 2.05) is 0 Å². The van der Waals surface area contributed by atoms with Crippen LogP contribution in [-0.4, -0.2) is 26.5 Å². The number of alkyl halides is 3. The summed E-state index contributed by atoms with van der Waals surface area (Å²) in [4.78, 5) is -0.0459. The number of hydrogen-bond acceptors (Lipinski definition) is 5. The molecule has 0 fully saturated rings. The SMILES string of the molecule is CCCC/C(=C/N(N)C1C=CC=C(S(=O)(=O)Nc2ccccc2C(F)(F)F)C1)NC. The van der Waals surface area contributed by atoms with Crippen LogP contribution in [0, 0.1) is 0 Å². The van der Waals surface area contributed by atoms with E-state index < -0.39 is 33.5 Å². The van der Waals surface area contributed by atoms with Gasteiger partial charge in [-0.15, -0.1) is 0 Å². The predicted octanol–water partition coefficient (Wildman–Crippen LogP) is 4.09. The minimum Gasteiger partial charge on any atom is -0.390 e. The average molecular weight is 445 g/mol. The Kier molecular flexibility index (Phi) is 7.96. The second-order valence-electron chi connectivity index (χ2n) is 6.89. The van der Waals surface area contributed by atoms with Crippen LogP contribution in [0.4, 0.5) is 18.9 Å². The largest absolute Gasteiger partial charge is 0.418 e. The second kappa shape index (κ2) is 10.0. The lowest BCUT2D eigenvalue weighted by atomic mass is 10.1. The normalized spacial score (nSPS) is 17.5. The first-order valence-electron chi connectivity index (χ1n) is 9.56. The van der Waals surface area contributed by atoms with Crippen molar-refractivity contribution in [3.05, 3.63) is 64.9 Å².